The van der Waals surface area contributed by atoms with Gasteiger partial charge in [-0.1, -0.05) is 19.8 Å². The van der Waals surface area contributed by atoms with Crippen molar-refractivity contribution in [2.24, 2.45) is 0 Å². The Labute approximate surface area is 120 Å². The molecule has 2 rings (SSSR count). The maximum absolute atomic E-state index is 12.3. The molecule has 7 heteroatoms. The van der Waals surface area contributed by atoms with Gasteiger partial charge in [-0.15, -0.1) is 0 Å². The van der Waals surface area contributed by atoms with Crippen LogP contribution < -0.4 is 4.72 Å². The molecular formula is C13H23N3O3S. The van der Waals surface area contributed by atoms with E-state index in [1.165, 1.54) is 0 Å². The van der Waals surface area contributed by atoms with Crippen molar-refractivity contribution in [1.82, 2.24) is 14.3 Å². The molecule has 0 spiro atoms. The van der Waals surface area contributed by atoms with Crippen molar-refractivity contribution >= 4 is 10.0 Å². The molecule has 1 fully saturated rings. The molecule has 1 aromatic heterocycles. The standard InChI is InChI=1S/C13H23N3O3S/c1-3-8-16-9-13(14-10(16)2)20(18,19)15-11-6-4-5-7-12(11)17/h9,11-12,15,17H,3-8H2,1-2H3/t11-,12-/m0/s1. The van der Waals surface area contributed by atoms with Gasteiger partial charge in [0, 0.05) is 18.8 Å². The Balaban J connectivity index is 2.15. The van der Waals surface area contributed by atoms with E-state index in [2.05, 4.69) is 9.71 Å². The molecule has 20 heavy (non-hydrogen) atoms. The van der Waals surface area contributed by atoms with Gasteiger partial charge in [0.15, 0.2) is 5.03 Å². The molecular weight excluding hydrogens is 278 g/mol. The number of rotatable bonds is 5. The summed E-state index contributed by atoms with van der Waals surface area (Å²) in [5.41, 5.74) is 0. The predicted octanol–water partition coefficient (Wildman–Crippen LogP) is 1.18. The number of aliphatic hydroxyl groups is 1. The second-order valence-electron chi connectivity index (χ2n) is 5.40. The van der Waals surface area contributed by atoms with Crippen molar-refractivity contribution in [3.05, 3.63) is 12.0 Å². The summed E-state index contributed by atoms with van der Waals surface area (Å²) in [6.07, 6.45) is 5.10. The highest BCUT2D eigenvalue weighted by molar-refractivity contribution is 7.89. The third kappa shape index (κ3) is 3.39. The Morgan fingerprint density at radius 3 is 2.80 bits per heavy atom. The van der Waals surface area contributed by atoms with Crippen LogP contribution in [0.2, 0.25) is 0 Å². The summed E-state index contributed by atoms with van der Waals surface area (Å²) in [6, 6.07) is -0.398. The van der Waals surface area contributed by atoms with Gasteiger partial charge in [0.25, 0.3) is 10.0 Å². The number of hydrogen-bond donors (Lipinski definition) is 2. The number of imidazole rings is 1. The van der Waals surface area contributed by atoms with Gasteiger partial charge in [0.2, 0.25) is 0 Å². The Kier molecular flexibility index (Phi) is 4.82. The lowest BCUT2D eigenvalue weighted by molar-refractivity contribution is 0.101. The molecule has 114 valence electrons. The SMILES string of the molecule is CCCn1cc(S(=O)(=O)N[C@H]2CCCC[C@@H]2O)nc1C. The van der Waals surface area contributed by atoms with E-state index in [1.54, 1.807) is 13.1 Å². The first kappa shape index (κ1) is 15.5. The molecule has 2 N–H and O–H groups in total. The fraction of sp³-hybridized carbons (Fsp3) is 0.769. The van der Waals surface area contributed by atoms with Crippen LogP contribution >= 0.6 is 0 Å². The quantitative estimate of drug-likeness (QED) is 0.855. The number of nitrogens with one attached hydrogen (secondary N) is 1. The molecule has 6 nitrogen and oxygen atoms in total. The van der Waals surface area contributed by atoms with Crippen molar-refractivity contribution in [2.45, 2.75) is 69.7 Å². The highest BCUT2D eigenvalue weighted by Crippen LogP contribution is 2.20. The first-order valence-electron chi connectivity index (χ1n) is 7.18. The maximum atomic E-state index is 12.3. The minimum absolute atomic E-state index is 0.0428. The summed E-state index contributed by atoms with van der Waals surface area (Å²) in [5, 5.41) is 9.91. The maximum Gasteiger partial charge on any atom is 0.259 e. The lowest BCUT2D eigenvalue weighted by Gasteiger charge is -2.27. The summed E-state index contributed by atoms with van der Waals surface area (Å²) < 4.78 is 29.1. The predicted molar refractivity (Wildman–Crippen MR) is 75.8 cm³/mol. The summed E-state index contributed by atoms with van der Waals surface area (Å²) in [4.78, 5) is 4.12. The highest BCUT2D eigenvalue weighted by atomic mass is 32.2. The lowest BCUT2D eigenvalue weighted by atomic mass is 9.93. The highest BCUT2D eigenvalue weighted by Gasteiger charge is 2.29. The van der Waals surface area contributed by atoms with Crippen molar-refractivity contribution in [2.75, 3.05) is 0 Å². The van der Waals surface area contributed by atoms with E-state index in [-0.39, 0.29) is 5.03 Å². The second-order valence-corrected chi connectivity index (χ2v) is 7.06. The first-order valence-corrected chi connectivity index (χ1v) is 8.66. The van der Waals surface area contributed by atoms with Gasteiger partial charge in [0.1, 0.15) is 5.82 Å². The van der Waals surface area contributed by atoms with E-state index in [1.807, 2.05) is 11.5 Å². The minimum Gasteiger partial charge on any atom is -0.391 e. The van der Waals surface area contributed by atoms with Crippen molar-refractivity contribution < 1.29 is 13.5 Å². The van der Waals surface area contributed by atoms with Gasteiger partial charge in [-0.2, -0.15) is 0 Å². The second kappa shape index (κ2) is 6.24. The van der Waals surface area contributed by atoms with E-state index in [4.69, 9.17) is 0 Å². The topological polar surface area (TPSA) is 84.2 Å². The summed E-state index contributed by atoms with van der Waals surface area (Å²) in [6.45, 7) is 4.58. The molecule has 1 aromatic rings. The number of sulfonamides is 1. The summed E-state index contributed by atoms with van der Waals surface area (Å²) in [7, 11) is -3.65. The third-order valence-electron chi connectivity index (χ3n) is 3.73. The van der Waals surface area contributed by atoms with Crippen LogP contribution in [0, 0.1) is 6.92 Å². The first-order chi connectivity index (χ1) is 9.44. The Bertz CT molecular complexity index is 553. The van der Waals surface area contributed by atoms with Gasteiger partial charge in [-0.3, -0.25) is 0 Å². The molecule has 2 atom stereocenters. The molecule has 1 heterocycles. The molecule has 0 unspecified atom stereocenters. The van der Waals surface area contributed by atoms with Crippen LogP contribution in [0.5, 0.6) is 0 Å². The van der Waals surface area contributed by atoms with Crippen LogP contribution in [-0.4, -0.2) is 35.2 Å². The number of aliphatic hydroxyl groups excluding tert-OH is 1. The van der Waals surface area contributed by atoms with Crippen LogP contribution in [0.25, 0.3) is 0 Å². The van der Waals surface area contributed by atoms with E-state index in [0.717, 1.165) is 25.8 Å². The molecule has 1 aliphatic rings. The third-order valence-corrected chi connectivity index (χ3v) is 5.09. The number of aromatic nitrogens is 2. The molecule has 1 aliphatic carbocycles. The summed E-state index contributed by atoms with van der Waals surface area (Å²) in [5.74, 6) is 0.691. The van der Waals surface area contributed by atoms with E-state index < -0.39 is 22.2 Å². The molecule has 0 amide bonds. The zero-order chi connectivity index (χ0) is 14.8. The molecule has 0 bridgehead atoms. The molecule has 0 saturated heterocycles. The van der Waals surface area contributed by atoms with Crippen molar-refractivity contribution in [3.63, 3.8) is 0 Å². The van der Waals surface area contributed by atoms with Gasteiger partial charge in [-0.25, -0.2) is 18.1 Å². The monoisotopic (exact) mass is 301 g/mol. The molecule has 0 radical (unpaired) electrons. The van der Waals surface area contributed by atoms with Crippen LogP contribution in [0.3, 0.4) is 0 Å². The average molecular weight is 301 g/mol. The van der Waals surface area contributed by atoms with Gasteiger partial charge >= 0.3 is 0 Å². The van der Waals surface area contributed by atoms with Gasteiger partial charge in [-0.05, 0) is 26.2 Å². The molecule has 0 aromatic carbocycles. The smallest absolute Gasteiger partial charge is 0.259 e. The van der Waals surface area contributed by atoms with Gasteiger partial charge in [0.05, 0.1) is 6.10 Å². The zero-order valence-electron chi connectivity index (χ0n) is 12.0. The molecule has 1 saturated carbocycles. The average Bonchev–Trinajstić information content (AvgIpc) is 2.75. The van der Waals surface area contributed by atoms with E-state index in [0.29, 0.717) is 18.7 Å². The zero-order valence-corrected chi connectivity index (χ0v) is 12.9. The fourth-order valence-electron chi connectivity index (χ4n) is 2.58. The van der Waals surface area contributed by atoms with Crippen LogP contribution in [0.1, 0.15) is 44.9 Å². The minimum atomic E-state index is -3.65. The van der Waals surface area contributed by atoms with Crippen LogP contribution in [0.4, 0.5) is 0 Å². The fourth-order valence-corrected chi connectivity index (χ4v) is 3.90. The molecule has 0 aliphatic heterocycles. The van der Waals surface area contributed by atoms with Crippen molar-refractivity contribution in [3.8, 4) is 0 Å². The van der Waals surface area contributed by atoms with Gasteiger partial charge < -0.3 is 9.67 Å². The normalized spacial score (nSPS) is 23.9. The Hall–Kier alpha value is -0.920. The summed E-state index contributed by atoms with van der Waals surface area (Å²) >= 11 is 0. The van der Waals surface area contributed by atoms with E-state index in [9.17, 15) is 13.5 Å². The number of nitrogens with zero attached hydrogens (tertiary/aromatic N) is 2. The lowest BCUT2D eigenvalue weighted by Crippen LogP contribution is -2.45. The number of aryl methyl sites for hydroxylation is 2. The van der Waals surface area contributed by atoms with Crippen LogP contribution in [-0.2, 0) is 16.6 Å². The van der Waals surface area contributed by atoms with E-state index >= 15 is 0 Å². The van der Waals surface area contributed by atoms with Crippen molar-refractivity contribution in [1.29, 1.82) is 0 Å². The largest absolute Gasteiger partial charge is 0.391 e. The number of hydrogen-bond acceptors (Lipinski definition) is 4. The van der Waals surface area contributed by atoms with Crippen LogP contribution in [0.15, 0.2) is 11.2 Å². The Morgan fingerprint density at radius 2 is 2.15 bits per heavy atom. The Morgan fingerprint density at radius 1 is 1.45 bits per heavy atom.